The highest BCUT2D eigenvalue weighted by atomic mass is 79.9. The van der Waals surface area contributed by atoms with Crippen LogP contribution in [0.3, 0.4) is 0 Å². The number of ketones is 1. The second-order valence-electron chi connectivity index (χ2n) is 3.09. The molecule has 0 spiro atoms. The fourth-order valence-electron chi connectivity index (χ4n) is 1.14. The van der Waals surface area contributed by atoms with Crippen LogP contribution < -0.4 is 0 Å². The molecular weight excluding hydrogens is 353 g/mol. The normalized spacial score (nSPS) is 11.6. The van der Waals surface area contributed by atoms with Crippen molar-refractivity contribution in [1.82, 2.24) is 0 Å². The van der Waals surface area contributed by atoms with Crippen LogP contribution >= 0.6 is 31.9 Å². The molecule has 16 heavy (non-hydrogen) atoms. The Labute approximate surface area is 107 Å². The first-order valence-electron chi connectivity index (χ1n) is 4.31. The number of hydrogen-bond acceptors (Lipinski definition) is 1. The topological polar surface area (TPSA) is 17.1 Å². The predicted octanol–water partition coefficient (Wildman–Crippen LogP) is 4.44. The van der Waals surface area contributed by atoms with Crippen molar-refractivity contribution in [3.05, 3.63) is 33.8 Å². The van der Waals surface area contributed by atoms with Crippen molar-refractivity contribution in [2.75, 3.05) is 5.33 Å². The molecule has 0 atom stereocenters. The lowest BCUT2D eigenvalue weighted by Gasteiger charge is -2.09. The quantitative estimate of drug-likeness (QED) is 0.576. The maximum atomic E-state index is 12.5. The average Bonchev–Trinajstić information content (AvgIpc) is 2.16. The molecule has 0 aliphatic carbocycles. The molecule has 6 heteroatoms. The van der Waals surface area contributed by atoms with Gasteiger partial charge in [0.05, 0.1) is 5.56 Å². The minimum Gasteiger partial charge on any atom is -0.294 e. The van der Waals surface area contributed by atoms with E-state index in [0.717, 1.165) is 12.1 Å². The summed E-state index contributed by atoms with van der Waals surface area (Å²) in [4.78, 5) is 11.5. The highest BCUT2D eigenvalue weighted by Gasteiger charge is 2.31. The van der Waals surface area contributed by atoms with Crippen molar-refractivity contribution in [2.45, 2.75) is 12.6 Å². The Kier molecular flexibility index (Phi) is 4.55. The summed E-state index contributed by atoms with van der Waals surface area (Å²) in [5.74, 6) is -0.316. The summed E-state index contributed by atoms with van der Waals surface area (Å²) in [5, 5.41) is 0.430. The van der Waals surface area contributed by atoms with Gasteiger partial charge in [-0.1, -0.05) is 31.9 Å². The molecule has 0 aliphatic heterocycles. The second kappa shape index (κ2) is 5.31. The number of benzene rings is 1. The van der Waals surface area contributed by atoms with Crippen molar-refractivity contribution in [2.24, 2.45) is 0 Å². The molecule has 0 aromatic heterocycles. The molecule has 0 fully saturated rings. The van der Waals surface area contributed by atoms with Gasteiger partial charge in [-0.3, -0.25) is 4.79 Å². The van der Waals surface area contributed by atoms with Crippen LogP contribution in [0.5, 0.6) is 0 Å². The van der Waals surface area contributed by atoms with Crippen LogP contribution in [-0.4, -0.2) is 11.1 Å². The first-order valence-corrected chi connectivity index (χ1v) is 6.23. The van der Waals surface area contributed by atoms with E-state index < -0.39 is 11.7 Å². The Morgan fingerprint density at radius 2 is 1.88 bits per heavy atom. The van der Waals surface area contributed by atoms with Crippen molar-refractivity contribution in [3.63, 3.8) is 0 Å². The summed E-state index contributed by atoms with van der Waals surface area (Å²) in [6.45, 7) is 0. The van der Waals surface area contributed by atoms with Crippen molar-refractivity contribution < 1.29 is 18.0 Å². The third-order valence-electron chi connectivity index (χ3n) is 1.87. The van der Waals surface area contributed by atoms with Crippen LogP contribution in [0.25, 0.3) is 0 Å². The summed E-state index contributed by atoms with van der Waals surface area (Å²) in [7, 11) is 0. The predicted molar refractivity (Wildman–Crippen MR) is 61.9 cm³/mol. The third-order valence-corrected chi connectivity index (χ3v) is 2.72. The molecule has 1 aromatic carbocycles. The van der Waals surface area contributed by atoms with Crippen LogP contribution in [0.4, 0.5) is 13.2 Å². The Morgan fingerprint density at radius 3 is 2.38 bits per heavy atom. The van der Waals surface area contributed by atoms with Gasteiger partial charge in [0.25, 0.3) is 0 Å². The standard InChI is InChI=1S/C10H7Br2F3O/c11-2-1-9(16)6-3-7(10(13,14)15)5-8(12)4-6/h3-5H,1-2H2. The lowest BCUT2D eigenvalue weighted by Crippen LogP contribution is -2.08. The number of carbonyl (C=O) groups is 1. The Hall–Kier alpha value is -0.360. The molecule has 0 amide bonds. The maximum absolute atomic E-state index is 12.5. The number of alkyl halides is 4. The summed E-state index contributed by atoms with van der Waals surface area (Å²) in [6, 6.07) is 3.21. The van der Waals surface area contributed by atoms with Crippen molar-refractivity contribution in [3.8, 4) is 0 Å². The summed E-state index contributed by atoms with van der Waals surface area (Å²) < 4.78 is 37.6. The third kappa shape index (κ3) is 3.59. The lowest BCUT2D eigenvalue weighted by molar-refractivity contribution is -0.137. The molecule has 0 saturated carbocycles. The molecule has 0 unspecified atom stereocenters. The van der Waals surface area contributed by atoms with Gasteiger partial charge < -0.3 is 0 Å². The Balaban J connectivity index is 3.13. The van der Waals surface area contributed by atoms with Gasteiger partial charge in [0.2, 0.25) is 0 Å². The molecule has 88 valence electrons. The van der Waals surface area contributed by atoms with Gasteiger partial charge in [-0.15, -0.1) is 0 Å². The van der Waals surface area contributed by atoms with Gasteiger partial charge in [0.1, 0.15) is 0 Å². The van der Waals surface area contributed by atoms with Gasteiger partial charge in [0.15, 0.2) is 5.78 Å². The van der Waals surface area contributed by atoms with E-state index in [9.17, 15) is 18.0 Å². The number of rotatable bonds is 3. The number of halogens is 5. The van der Waals surface area contributed by atoms with E-state index in [1.54, 1.807) is 0 Å². The van der Waals surface area contributed by atoms with E-state index in [4.69, 9.17) is 0 Å². The van der Waals surface area contributed by atoms with E-state index in [-0.39, 0.29) is 22.2 Å². The number of carbonyl (C=O) groups excluding carboxylic acids is 1. The van der Waals surface area contributed by atoms with E-state index in [0.29, 0.717) is 5.33 Å². The van der Waals surface area contributed by atoms with Crippen LogP contribution in [0, 0.1) is 0 Å². The molecule has 0 saturated heterocycles. The number of hydrogen-bond donors (Lipinski definition) is 0. The monoisotopic (exact) mass is 358 g/mol. The van der Waals surface area contributed by atoms with Gasteiger partial charge in [-0.05, 0) is 18.2 Å². The van der Waals surface area contributed by atoms with Crippen LogP contribution in [0.1, 0.15) is 22.3 Å². The fourth-order valence-corrected chi connectivity index (χ4v) is 2.00. The van der Waals surface area contributed by atoms with E-state index >= 15 is 0 Å². The highest BCUT2D eigenvalue weighted by molar-refractivity contribution is 9.10. The zero-order chi connectivity index (χ0) is 12.3. The van der Waals surface area contributed by atoms with Crippen molar-refractivity contribution >= 4 is 37.6 Å². The van der Waals surface area contributed by atoms with Crippen LogP contribution in [0.15, 0.2) is 22.7 Å². The Morgan fingerprint density at radius 1 is 1.25 bits per heavy atom. The van der Waals surface area contributed by atoms with E-state index in [1.807, 2.05) is 0 Å². The minimum absolute atomic E-state index is 0.0705. The minimum atomic E-state index is -4.44. The summed E-state index contributed by atoms with van der Waals surface area (Å²) in [6.07, 6.45) is -4.26. The average molecular weight is 360 g/mol. The van der Waals surface area contributed by atoms with Gasteiger partial charge in [-0.2, -0.15) is 13.2 Å². The molecule has 0 radical (unpaired) electrons. The van der Waals surface area contributed by atoms with Gasteiger partial charge in [-0.25, -0.2) is 0 Å². The molecule has 0 heterocycles. The first kappa shape index (κ1) is 13.7. The lowest BCUT2D eigenvalue weighted by atomic mass is 10.1. The molecule has 1 rings (SSSR count). The van der Waals surface area contributed by atoms with Gasteiger partial charge >= 0.3 is 6.18 Å². The van der Waals surface area contributed by atoms with Crippen LogP contribution in [-0.2, 0) is 6.18 Å². The largest absolute Gasteiger partial charge is 0.416 e. The number of Topliss-reactive ketones (excluding diaryl/α,β-unsaturated/α-hetero) is 1. The summed E-state index contributed by atoms with van der Waals surface area (Å²) >= 11 is 6.03. The molecule has 0 N–H and O–H groups in total. The molecular formula is C10H7Br2F3O. The van der Waals surface area contributed by atoms with Gasteiger partial charge in [0, 0.05) is 21.8 Å². The molecule has 0 aliphatic rings. The molecule has 1 nitrogen and oxygen atoms in total. The fraction of sp³-hybridized carbons (Fsp3) is 0.300. The highest BCUT2D eigenvalue weighted by Crippen LogP contribution is 2.32. The van der Waals surface area contributed by atoms with E-state index in [2.05, 4.69) is 31.9 Å². The summed E-state index contributed by atoms with van der Waals surface area (Å²) in [5.41, 5.74) is -0.749. The van der Waals surface area contributed by atoms with Crippen molar-refractivity contribution in [1.29, 1.82) is 0 Å². The van der Waals surface area contributed by atoms with Crippen LogP contribution in [0.2, 0.25) is 0 Å². The van der Waals surface area contributed by atoms with E-state index in [1.165, 1.54) is 6.07 Å². The zero-order valence-electron chi connectivity index (χ0n) is 7.94. The maximum Gasteiger partial charge on any atom is 0.416 e. The zero-order valence-corrected chi connectivity index (χ0v) is 11.1. The molecule has 0 bridgehead atoms. The molecule has 1 aromatic rings. The second-order valence-corrected chi connectivity index (χ2v) is 4.80. The smallest absolute Gasteiger partial charge is 0.294 e. The first-order chi connectivity index (χ1) is 7.34. The SMILES string of the molecule is O=C(CCBr)c1cc(Br)cc(C(F)(F)F)c1. The Bertz CT molecular complexity index is 402.